The van der Waals surface area contributed by atoms with Crippen LogP contribution >= 0.6 is 0 Å². The number of rotatable bonds is 8. The normalized spacial score (nSPS) is 11.1. The molecule has 0 saturated heterocycles. The zero-order chi connectivity index (χ0) is 18.5. The molecule has 0 fully saturated rings. The molecule has 0 saturated carbocycles. The predicted octanol–water partition coefficient (Wildman–Crippen LogP) is 4.55. The third-order valence-corrected chi connectivity index (χ3v) is 4.68. The first kappa shape index (κ1) is 18.2. The fraction of sp³-hybridized carbons (Fsp3) is 0.429. The Hall–Kier alpha value is -2.56. The highest BCUT2D eigenvalue weighted by Crippen LogP contribution is 2.27. The Morgan fingerprint density at radius 2 is 1.88 bits per heavy atom. The van der Waals surface area contributed by atoms with Crippen molar-refractivity contribution in [3.05, 3.63) is 53.7 Å². The molecule has 5 heteroatoms. The Bertz CT molecular complexity index is 863. The highest BCUT2D eigenvalue weighted by molar-refractivity contribution is 5.64. The summed E-state index contributed by atoms with van der Waals surface area (Å²) >= 11 is 0. The van der Waals surface area contributed by atoms with Gasteiger partial charge < -0.3 is 9.30 Å². The monoisotopic (exact) mass is 352 g/mol. The molecule has 0 atom stereocenters. The Balaban J connectivity index is 1.67. The van der Waals surface area contributed by atoms with Gasteiger partial charge in [0, 0.05) is 24.3 Å². The number of hydrogen-bond acceptors (Lipinski definition) is 3. The summed E-state index contributed by atoms with van der Waals surface area (Å²) in [5, 5.41) is 4.69. The van der Waals surface area contributed by atoms with Crippen molar-refractivity contribution < 1.29 is 4.74 Å². The quantitative estimate of drug-likeness (QED) is 0.559. The molecule has 2 aromatic heterocycles. The van der Waals surface area contributed by atoms with Crippen LogP contribution in [0.4, 0.5) is 0 Å². The number of aryl methyl sites for hydroxylation is 4. The number of aromatic nitrogens is 4. The largest absolute Gasteiger partial charge is 0.493 e. The van der Waals surface area contributed by atoms with Gasteiger partial charge in [-0.15, -0.1) is 0 Å². The molecule has 0 N–H and O–H groups in total. The molecule has 1 aromatic carbocycles. The third-order valence-electron chi connectivity index (χ3n) is 4.68. The molecule has 3 rings (SSSR count). The fourth-order valence-corrected chi connectivity index (χ4v) is 3.34. The SMILES string of the molecule is CCCn1nc(C)c(-c2cncn2CCCOc2ccccc2C)c1C. The zero-order valence-corrected chi connectivity index (χ0v) is 16.2. The van der Waals surface area contributed by atoms with Crippen molar-refractivity contribution in [2.75, 3.05) is 6.61 Å². The maximum atomic E-state index is 5.91. The van der Waals surface area contributed by atoms with Crippen LogP contribution < -0.4 is 4.74 Å². The molecule has 0 aliphatic heterocycles. The zero-order valence-electron chi connectivity index (χ0n) is 16.2. The summed E-state index contributed by atoms with van der Waals surface area (Å²) in [5.74, 6) is 0.964. The van der Waals surface area contributed by atoms with E-state index in [4.69, 9.17) is 9.84 Å². The molecule has 0 aliphatic carbocycles. The maximum absolute atomic E-state index is 5.91. The first-order valence-corrected chi connectivity index (χ1v) is 9.34. The molecule has 0 unspecified atom stereocenters. The van der Waals surface area contributed by atoms with Crippen LogP contribution in [-0.4, -0.2) is 25.9 Å². The minimum absolute atomic E-state index is 0.690. The van der Waals surface area contributed by atoms with E-state index in [-0.39, 0.29) is 0 Å². The number of nitrogens with zero attached hydrogens (tertiary/aromatic N) is 4. The molecule has 0 aliphatic rings. The minimum atomic E-state index is 0.690. The first-order chi connectivity index (χ1) is 12.6. The summed E-state index contributed by atoms with van der Waals surface area (Å²) in [7, 11) is 0. The van der Waals surface area contributed by atoms with E-state index in [0.717, 1.165) is 43.1 Å². The number of hydrogen-bond donors (Lipinski definition) is 0. The molecule has 138 valence electrons. The van der Waals surface area contributed by atoms with Crippen LogP contribution in [0.3, 0.4) is 0 Å². The lowest BCUT2D eigenvalue weighted by atomic mass is 10.1. The van der Waals surface area contributed by atoms with Crippen LogP contribution in [0.2, 0.25) is 0 Å². The van der Waals surface area contributed by atoms with Gasteiger partial charge in [0.05, 0.1) is 30.5 Å². The maximum Gasteiger partial charge on any atom is 0.122 e. The average Bonchev–Trinajstić information content (AvgIpc) is 3.18. The molecule has 0 amide bonds. The summed E-state index contributed by atoms with van der Waals surface area (Å²) in [4.78, 5) is 4.37. The van der Waals surface area contributed by atoms with Gasteiger partial charge in [0.15, 0.2) is 0 Å². The van der Waals surface area contributed by atoms with Crippen LogP contribution in [0.25, 0.3) is 11.3 Å². The molecule has 5 nitrogen and oxygen atoms in total. The number of para-hydroxylation sites is 1. The second-order valence-corrected chi connectivity index (χ2v) is 6.71. The summed E-state index contributed by atoms with van der Waals surface area (Å²) in [6.45, 7) is 11.0. The van der Waals surface area contributed by atoms with E-state index < -0.39 is 0 Å². The number of benzene rings is 1. The van der Waals surface area contributed by atoms with E-state index in [1.54, 1.807) is 0 Å². The van der Waals surface area contributed by atoms with Crippen molar-refractivity contribution in [2.45, 2.75) is 53.6 Å². The van der Waals surface area contributed by atoms with Crippen molar-refractivity contribution >= 4 is 0 Å². The van der Waals surface area contributed by atoms with Crippen LogP contribution in [0, 0.1) is 20.8 Å². The summed E-state index contributed by atoms with van der Waals surface area (Å²) in [5.41, 5.74) is 5.79. The Morgan fingerprint density at radius 3 is 2.65 bits per heavy atom. The van der Waals surface area contributed by atoms with Crippen LogP contribution in [0.15, 0.2) is 36.8 Å². The van der Waals surface area contributed by atoms with Crippen molar-refractivity contribution in [2.24, 2.45) is 0 Å². The van der Waals surface area contributed by atoms with Crippen molar-refractivity contribution in [3.8, 4) is 17.0 Å². The van der Waals surface area contributed by atoms with E-state index in [1.165, 1.54) is 16.8 Å². The van der Waals surface area contributed by atoms with Gasteiger partial charge in [-0.25, -0.2) is 4.98 Å². The van der Waals surface area contributed by atoms with Gasteiger partial charge >= 0.3 is 0 Å². The molecular weight excluding hydrogens is 324 g/mol. The van der Waals surface area contributed by atoms with E-state index >= 15 is 0 Å². The van der Waals surface area contributed by atoms with Crippen molar-refractivity contribution in [1.29, 1.82) is 0 Å². The van der Waals surface area contributed by atoms with Crippen molar-refractivity contribution in [3.63, 3.8) is 0 Å². The van der Waals surface area contributed by atoms with Crippen LogP contribution in [0.1, 0.15) is 36.7 Å². The Morgan fingerprint density at radius 1 is 1.08 bits per heavy atom. The van der Waals surface area contributed by atoms with Gasteiger partial charge in [-0.1, -0.05) is 25.1 Å². The van der Waals surface area contributed by atoms with Gasteiger partial charge in [-0.2, -0.15) is 5.10 Å². The van der Waals surface area contributed by atoms with Crippen LogP contribution in [0.5, 0.6) is 5.75 Å². The molecule has 2 heterocycles. The summed E-state index contributed by atoms with van der Waals surface area (Å²) < 4.78 is 10.2. The van der Waals surface area contributed by atoms with E-state index in [0.29, 0.717) is 6.61 Å². The summed E-state index contributed by atoms with van der Waals surface area (Å²) in [6.07, 6.45) is 5.85. The third kappa shape index (κ3) is 3.82. The number of imidazole rings is 1. The van der Waals surface area contributed by atoms with Gasteiger partial charge in [0.2, 0.25) is 0 Å². The average molecular weight is 352 g/mol. The van der Waals surface area contributed by atoms with Gasteiger partial charge in [-0.3, -0.25) is 4.68 Å². The molecule has 0 bridgehead atoms. The second kappa shape index (κ2) is 8.21. The smallest absolute Gasteiger partial charge is 0.122 e. The summed E-state index contributed by atoms with van der Waals surface area (Å²) in [6, 6.07) is 8.13. The number of ether oxygens (including phenoxy) is 1. The molecule has 26 heavy (non-hydrogen) atoms. The van der Waals surface area contributed by atoms with E-state index in [9.17, 15) is 0 Å². The highest BCUT2D eigenvalue weighted by atomic mass is 16.5. The van der Waals surface area contributed by atoms with Gasteiger partial charge in [0.25, 0.3) is 0 Å². The topological polar surface area (TPSA) is 44.9 Å². The molecule has 0 radical (unpaired) electrons. The van der Waals surface area contributed by atoms with Crippen molar-refractivity contribution in [1.82, 2.24) is 19.3 Å². The lowest BCUT2D eigenvalue weighted by molar-refractivity contribution is 0.300. The Kier molecular flexibility index (Phi) is 5.76. The van der Waals surface area contributed by atoms with Gasteiger partial charge in [-0.05, 0) is 45.2 Å². The predicted molar refractivity (Wildman–Crippen MR) is 105 cm³/mol. The van der Waals surface area contributed by atoms with E-state index in [1.807, 2.05) is 30.7 Å². The first-order valence-electron chi connectivity index (χ1n) is 9.34. The Labute approximate surface area is 155 Å². The second-order valence-electron chi connectivity index (χ2n) is 6.71. The van der Waals surface area contributed by atoms with Gasteiger partial charge in [0.1, 0.15) is 5.75 Å². The lowest BCUT2D eigenvalue weighted by Gasteiger charge is -2.11. The lowest BCUT2D eigenvalue weighted by Crippen LogP contribution is -2.06. The highest BCUT2D eigenvalue weighted by Gasteiger charge is 2.16. The van der Waals surface area contributed by atoms with Crippen LogP contribution in [-0.2, 0) is 13.1 Å². The minimum Gasteiger partial charge on any atom is -0.493 e. The molecular formula is C21H28N4O. The molecule has 3 aromatic rings. The van der Waals surface area contributed by atoms with E-state index in [2.05, 4.69) is 48.0 Å². The standard InChI is InChI=1S/C21H28N4O/c1-5-11-25-18(4)21(17(3)23-25)19-14-22-15-24(19)12-8-13-26-20-10-7-6-9-16(20)2/h6-7,9-10,14-15H,5,8,11-13H2,1-4H3. The fourth-order valence-electron chi connectivity index (χ4n) is 3.34. The molecule has 0 spiro atoms.